The van der Waals surface area contributed by atoms with Gasteiger partial charge in [0.25, 0.3) is 0 Å². The number of ether oxygens (including phenoxy) is 1. The average molecular weight is 315 g/mol. The maximum atomic E-state index is 12.4. The minimum Gasteiger partial charge on any atom is -0.468 e. The SMILES string of the molecule is COC(=O)[C@H](Cc1cnc[nH]1)NS(=O)(=O)C1CCCCC1. The van der Waals surface area contributed by atoms with Gasteiger partial charge >= 0.3 is 5.97 Å². The molecule has 7 nitrogen and oxygen atoms in total. The molecule has 1 aromatic heterocycles. The summed E-state index contributed by atoms with van der Waals surface area (Å²) in [6.45, 7) is 0. The number of nitrogens with zero attached hydrogens (tertiary/aromatic N) is 1. The maximum absolute atomic E-state index is 12.4. The van der Waals surface area contributed by atoms with E-state index >= 15 is 0 Å². The molecule has 0 aromatic carbocycles. The van der Waals surface area contributed by atoms with Crippen LogP contribution in [0.3, 0.4) is 0 Å². The van der Waals surface area contributed by atoms with Gasteiger partial charge in [0.05, 0.1) is 18.7 Å². The summed E-state index contributed by atoms with van der Waals surface area (Å²) in [5.41, 5.74) is 0.678. The first-order valence-corrected chi connectivity index (χ1v) is 8.64. The van der Waals surface area contributed by atoms with Gasteiger partial charge < -0.3 is 9.72 Å². The summed E-state index contributed by atoms with van der Waals surface area (Å²) in [4.78, 5) is 18.5. The Balaban J connectivity index is 2.08. The van der Waals surface area contributed by atoms with E-state index in [1.807, 2.05) is 0 Å². The van der Waals surface area contributed by atoms with Gasteiger partial charge in [0.15, 0.2) is 0 Å². The molecule has 1 aliphatic carbocycles. The average Bonchev–Trinajstić information content (AvgIpc) is 2.99. The monoisotopic (exact) mass is 315 g/mol. The number of aromatic amines is 1. The third kappa shape index (κ3) is 4.28. The van der Waals surface area contributed by atoms with E-state index in [0.717, 1.165) is 19.3 Å². The molecular formula is C13H21N3O4S. The summed E-state index contributed by atoms with van der Waals surface area (Å²) < 4.78 is 32.0. The molecule has 1 aromatic rings. The Bertz CT molecular complexity index is 550. The summed E-state index contributed by atoms with van der Waals surface area (Å²) in [7, 11) is -2.28. The van der Waals surface area contributed by atoms with Crippen LogP contribution in [-0.2, 0) is 26.0 Å². The first-order chi connectivity index (χ1) is 10.0. The van der Waals surface area contributed by atoms with Crippen molar-refractivity contribution >= 4 is 16.0 Å². The highest BCUT2D eigenvalue weighted by atomic mass is 32.2. The summed E-state index contributed by atoms with van der Waals surface area (Å²) >= 11 is 0. The first kappa shape index (κ1) is 16.0. The van der Waals surface area contributed by atoms with Crippen LogP contribution in [-0.4, -0.2) is 42.8 Å². The van der Waals surface area contributed by atoms with Crippen molar-refractivity contribution in [3.05, 3.63) is 18.2 Å². The number of sulfonamides is 1. The Morgan fingerprint density at radius 3 is 2.76 bits per heavy atom. The molecule has 0 radical (unpaired) electrons. The highest BCUT2D eigenvalue weighted by Gasteiger charge is 2.32. The quantitative estimate of drug-likeness (QED) is 0.754. The molecule has 0 spiro atoms. The number of carbonyl (C=O) groups excluding carboxylic acids is 1. The predicted octanol–water partition coefficient (Wildman–Crippen LogP) is 0.746. The van der Waals surface area contributed by atoms with Crippen LogP contribution in [0.2, 0.25) is 0 Å². The number of imidazole rings is 1. The van der Waals surface area contributed by atoms with Crippen LogP contribution in [0.15, 0.2) is 12.5 Å². The summed E-state index contributed by atoms with van der Waals surface area (Å²) in [6.07, 6.45) is 7.42. The van der Waals surface area contributed by atoms with E-state index in [9.17, 15) is 13.2 Å². The van der Waals surface area contributed by atoms with Crippen LogP contribution in [0, 0.1) is 0 Å². The Kier molecular flexibility index (Phi) is 5.35. The molecule has 0 amide bonds. The fourth-order valence-corrected chi connectivity index (χ4v) is 4.32. The van der Waals surface area contributed by atoms with Crippen LogP contribution in [0.25, 0.3) is 0 Å². The molecule has 1 atom stereocenters. The number of nitrogens with one attached hydrogen (secondary N) is 2. The fourth-order valence-electron chi connectivity index (χ4n) is 2.60. The van der Waals surface area contributed by atoms with Crippen molar-refractivity contribution < 1.29 is 17.9 Å². The smallest absolute Gasteiger partial charge is 0.324 e. The normalized spacial score (nSPS) is 18.3. The van der Waals surface area contributed by atoms with Crippen molar-refractivity contribution in [2.45, 2.75) is 49.8 Å². The van der Waals surface area contributed by atoms with E-state index in [1.54, 1.807) is 6.20 Å². The van der Waals surface area contributed by atoms with Crippen LogP contribution in [0.5, 0.6) is 0 Å². The molecule has 2 rings (SSSR count). The molecule has 0 saturated heterocycles. The van der Waals surface area contributed by atoms with Gasteiger partial charge in [0.2, 0.25) is 10.0 Å². The molecule has 21 heavy (non-hydrogen) atoms. The van der Waals surface area contributed by atoms with Crippen molar-refractivity contribution in [3.8, 4) is 0 Å². The topological polar surface area (TPSA) is 101 Å². The second kappa shape index (κ2) is 7.04. The van der Waals surface area contributed by atoms with Crippen LogP contribution < -0.4 is 4.72 Å². The third-order valence-corrected chi connectivity index (χ3v) is 5.72. The number of hydrogen-bond acceptors (Lipinski definition) is 5. The van der Waals surface area contributed by atoms with Crippen molar-refractivity contribution in [1.29, 1.82) is 0 Å². The molecule has 0 aliphatic heterocycles. The standard InChI is InChI=1S/C13H21N3O4S/c1-20-13(17)12(7-10-8-14-9-15-10)16-21(18,19)11-5-3-2-4-6-11/h8-9,11-12,16H,2-7H2,1H3,(H,14,15)/t12-/m0/s1. The Morgan fingerprint density at radius 2 is 2.19 bits per heavy atom. The molecule has 0 bridgehead atoms. The lowest BCUT2D eigenvalue weighted by atomic mass is 10.0. The van der Waals surface area contributed by atoms with Gasteiger partial charge in [0, 0.05) is 18.3 Å². The lowest BCUT2D eigenvalue weighted by Gasteiger charge is -2.24. The second-order valence-electron chi connectivity index (χ2n) is 5.28. The predicted molar refractivity (Wildman–Crippen MR) is 77.0 cm³/mol. The van der Waals surface area contributed by atoms with Gasteiger partial charge in [-0.05, 0) is 12.8 Å². The molecule has 1 aliphatic rings. The fraction of sp³-hybridized carbons (Fsp3) is 0.692. The van der Waals surface area contributed by atoms with Crippen LogP contribution in [0.4, 0.5) is 0 Å². The van der Waals surface area contributed by atoms with Crippen molar-refractivity contribution in [2.75, 3.05) is 7.11 Å². The summed E-state index contributed by atoms with van der Waals surface area (Å²) in [5.74, 6) is -0.594. The van der Waals surface area contributed by atoms with E-state index in [2.05, 4.69) is 14.7 Å². The molecule has 0 unspecified atom stereocenters. The highest BCUT2D eigenvalue weighted by Crippen LogP contribution is 2.23. The Labute approximate surface area is 124 Å². The van der Waals surface area contributed by atoms with Gasteiger partial charge in [-0.2, -0.15) is 0 Å². The lowest BCUT2D eigenvalue weighted by Crippen LogP contribution is -2.47. The van der Waals surface area contributed by atoms with Gasteiger partial charge in [-0.15, -0.1) is 0 Å². The van der Waals surface area contributed by atoms with Crippen LogP contribution in [0.1, 0.15) is 37.8 Å². The maximum Gasteiger partial charge on any atom is 0.324 e. The minimum absolute atomic E-state index is 0.193. The Hall–Kier alpha value is -1.41. The molecular weight excluding hydrogens is 294 g/mol. The van der Waals surface area contributed by atoms with Crippen LogP contribution >= 0.6 is 0 Å². The van der Waals surface area contributed by atoms with Gasteiger partial charge in [0.1, 0.15) is 6.04 Å². The molecule has 118 valence electrons. The van der Waals surface area contributed by atoms with Gasteiger partial charge in [-0.1, -0.05) is 19.3 Å². The van der Waals surface area contributed by atoms with Gasteiger partial charge in [-0.25, -0.2) is 18.1 Å². The van der Waals surface area contributed by atoms with E-state index in [-0.39, 0.29) is 6.42 Å². The lowest BCUT2D eigenvalue weighted by molar-refractivity contribution is -0.142. The summed E-state index contributed by atoms with van der Waals surface area (Å²) in [5, 5.41) is -0.417. The van der Waals surface area contributed by atoms with E-state index in [1.165, 1.54) is 13.4 Å². The van der Waals surface area contributed by atoms with Crippen molar-refractivity contribution in [2.24, 2.45) is 0 Å². The molecule has 1 fully saturated rings. The first-order valence-electron chi connectivity index (χ1n) is 7.09. The zero-order valence-corrected chi connectivity index (χ0v) is 12.9. The number of esters is 1. The third-order valence-electron chi connectivity index (χ3n) is 3.76. The Morgan fingerprint density at radius 1 is 1.48 bits per heavy atom. The highest BCUT2D eigenvalue weighted by molar-refractivity contribution is 7.90. The largest absolute Gasteiger partial charge is 0.468 e. The van der Waals surface area contributed by atoms with E-state index < -0.39 is 27.3 Å². The molecule has 1 heterocycles. The van der Waals surface area contributed by atoms with Crippen molar-refractivity contribution in [3.63, 3.8) is 0 Å². The number of rotatable bonds is 6. The van der Waals surface area contributed by atoms with E-state index in [0.29, 0.717) is 18.5 Å². The molecule has 8 heteroatoms. The number of aromatic nitrogens is 2. The summed E-state index contributed by atoms with van der Waals surface area (Å²) in [6, 6.07) is -0.928. The molecule has 2 N–H and O–H groups in total. The zero-order valence-electron chi connectivity index (χ0n) is 12.0. The second-order valence-corrected chi connectivity index (χ2v) is 7.27. The number of carbonyl (C=O) groups is 1. The van der Waals surface area contributed by atoms with Gasteiger partial charge in [-0.3, -0.25) is 4.79 Å². The number of H-pyrrole nitrogens is 1. The number of methoxy groups -OCH3 is 1. The molecule has 1 saturated carbocycles. The van der Waals surface area contributed by atoms with Crippen molar-refractivity contribution in [1.82, 2.24) is 14.7 Å². The number of hydrogen-bond donors (Lipinski definition) is 2. The zero-order chi connectivity index (χ0) is 15.3. The minimum atomic E-state index is -3.53. The van der Waals surface area contributed by atoms with E-state index in [4.69, 9.17) is 4.74 Å².